The Hall–Kier alpha value is 0.975. The summed E-state index contributed by atoms with van der Waals surface area (Å²) in [5.74, 6) is 0. The Morgan fingerprint density at radius 3 is 1.80 bits per heavy atom. The van der Waals surface area contributed by atoms with E-state index in [-0.39, 0.29) is 40.8 Å². The Balaban J connectivity index is 0. The summed E-state index contributed by atoms with van der Waals surface area (Å²) in [4.78, 5) is 0. The topological polar surface area (TPSA) is 0 Å². The first kappa shape index (κ1) is 13.6. The van der Waals surface area contributed by atoms with E-state index in [9.17, 15) is 0 Å². The molecule has 0 spiro atoms. The standard InChI is InChI=1S/C7H9P.2Pd/c8-6-7-4-2-1-3-5-7;;/h1-5H,6,8H2;;/q;2*+2/p+1. The Bertz CT molecular complexity index is 153. The molecule has 0 nitrogen and oxygen atoms in total. The summed E-state index contributed by atoms with van der Waals surface area (Å²) in [7, 11) is 1.98. The fourth-order valence-electron chi connectivity index (χ4n) is 0.645. The van der Waals surface area contributed by atoms with Crippen LogP contribution in [0, 0.1) is 0 Å². The predicted molar refractivity (Wildman–Crippen MR) is 41.3 cm³/mol. The van der Waals surface area contributed by atoms with Gasteiger partial charge in [0.1, 0.15) is 0 Å². The van der Waals surface area contributed by atoms with Crippen molar-refractivity contribution in [2.75, 3.05) is 0 Å². The monoisotopic (exact) mass is 337 g/mol. The molecule has 58 valence electrons. The van der Waals surface area contributed by atoms with Gasteiger partial charge in [-0.15, -0.1) is 0 Å². The SMILES string of the molecule is [PH3+]Cc1ccccc1.[Pd+2].[Pd+2]. The van der Waals surface area contributed by atoms with Crippen LogP contribution in [0.15, 0.2) is 30.3 Å². The molecule has 0 fully saturated rings. The van der Waals surface area contributed by atoms with Crippen molar-refractivity contribution in [1.29, 1.82) is 0 Å². The molecule has 0 heterocycles. The van der Waals surface area contributed by atoms with E-state index >= 15 is 0 Å². The minimum atomic E-state index is 0. The molecule has 0 aliphatic rings. The predicted octanol–water partition coefficient (Wildman–Crippen LogP) is 1.79. The normalized spacial score (nSPS) is 7.60. The maximum Gasteiger partial charge on any atom is 2.00 e. The van der Waals surface area contributed by atoms with Crippen LogP contribution in [0.1, 0.15) is 5.56 Å². The average Bonchev–Trinajstić information content (AvgIpc) is 1.90. The van der Waals surface area contributed by atoms with E-state index < -0.39 is 0 Å². The van der Waals surface area contributed by atoms with Gasteiger partial charge in [-0.05, 0) is 14.8 Å². The maximum absolute atomic E-state index is 2.15. The second-order valence-corrected chi connectivity index (χ2v) is 2.24. The summed E-state index contributed by atoms with van der Waals surface area (Å²) >= 11 is 0. The van der Waals surface area contributed by atoms with E-state index in [2.05, 4.69) is 24.3 Å². The molecule has 0 bridgehead atoms. The molecule has 0 saturated carbocycles. The molecule has 1 rings (SSSR count). The van der Waals surface area contributed by atoms with Crippen LogP contribution in [-0.2, 0) is 47.0 Å². The molecule has 0 aromatic heterocycles. The molecule has 0 saturated heterocycles. The second kappa shape index (κ2) is 8.07. The van der Waals surface area contributed by atoms with Crippen molar-refractivity contribution in [3.05, 3.63) is 35.9 Å². The molecule has 10 heavy (non-hydrogen) atoms. The first-order valence-corrected chi connectivity index (χ1v) is 3.76. The molecule has 1 aromatic rings. The van der Waals surface area contributed by atoms with Gasteiger partial charge in [-0.25, -0.2) is 0 Å². The third-order valence-corrected chi connectivity index (χ3v) is 1.71. The summed E-state index contributed by atoms with van der Waals surface area (Å²) in [5.41, 5.74) is 1.42. The van der Waals surface area contributed by atoms with Gasteiger partial charge >= 0.3 is 40.8 Å². The quantitative estimate of drug-likeness (QED) is 0.541. The average molecular weight is 338 g/mol. The molecule has 0 aliphatic heterocycles. The van der Waals surface area contributed by atoms with Crippen LogP contribution in [0.2, 0.25) is 0 Å². The number of rotatable bonds is 1. The zero-order valence-corrected chi connectivity index (χ0v) is 9.96. The summed E-state index contributed by atoms with van der Waals surface area (Å²) in [6, 6.07) is 10.5. The van der Waals surface area contributed by atoms with E-state index in [1.54, 1.807) is 0 Å². The fraction of sp³-hybridized carbons (Fsp3) is 0.143. The van der Waals surface area contributed by atoms with Crippen molar-refractivity contribution in [3.8, 4) is 0 Å². The van der Waals surface area contributed by atoms with Crippen molar-refractivity contribution in [1.82, 2.24) is 0 Å². The molecule has 1 atom stereocenters. The van der Waals surface area contributed by atoms with Crippen LogP contribution in [0.25, 0.3) is 0 Å². The Morgan fingerprint density at radius 2 is 1.50 bits per heavy atom. The third kappa shape index (κ3) is 4.74. The molecule has 0 radical (unpaired) electrons. The van der Waals surface area contributed by atoms with E-state index in [1.807, 2.05) is 15.3 Å². The van der Waals surface area contributed by atoms with Crippen molar-refractivity contribution in [2.45, 2.75) is 6.16 Å². The summed E-state index contributed by atoms with van der Waals surface area (Å²) in [6.45, 7) is 0. The van der Waals surface area contributed by atoms with Crippen LogP contribution in [0.5, 0.6) is 0 Å². The van der Waals surface area contributed by atoms with E-state index in [1.165, 1.54) is 11.7 Å². The molecule has 0 N–H and O–H groups in total. The van der Waals surface area contributed by atoms with Gasteiger partial charge in [0.15, 0.2) is 0 Å². The first-order valence-electron chi connectivity index (χ1n) is 2.76. The number of benzene rings is 1. The molecule has 0 amide bonds. The van der Waals surface area contributed by atoms with E-state index in [4.69, 9.17) is 0 Å². The summed E-state index contributed by atoms with van der Waals surface area (Å²) < 4.78 is 0. The third-order valence-electron chi connectivity index (χ3n) is 1.13. The molecular weight excluding hydrogens is 328 g/mol. The zero-order chi connectivity index (χ0) is 5.82. The summed E-state index contributed by atoms with van der Waals surface area (Å²) in [6.07, 6.45) is 1.17. The second-order valence-electron chi connectivity index (χ2n) is 1.74. The number of hydrogen-bond acceptors (Lipinski definition) is 0. The van der Waals surface area contributed by atoms with Crippen molar-refractivity contribution < 1.29 is 40.8 Å². The van der Waals surface area contributed by atoms with Crippen LogP contribution in [0.3, 0.4) is 0 Å². The van der Waals surface area contributed by atoms with Crippen LogP contribution < -0.4 is 0 Å². The molecule has 3 heteroatoms. The van der Waals surface area contributed by atoms with Gasteiger partial charge < -0.3 is 0 Å². The Morgan fingerprint density at radius 1 is 1.00 bits per heavy atom. The summed E-state index contributed by atoms with van der Waals surface area (Å²) in [5, 5.41) is 0. The first-order chi connectivity index (χ1) is 3.93. The van der Waals surface area contributed by atoms with E-state index in [0.29, 0.717) is 0 Å². The van der Waals surface area contributed by atoms with Gasteiger partial charge in [-0.3, -0.25) is 0 Å². The van der Waals surface area contributed by atoms with Gasteiger partial charge in [-0.2, -0.15) is 0 Å². The largest absolute Gasteiger partial charge is 2.00 e. The Kier molecular flexibility index (Phi) is 10.9. The minimum Gasteiger partial charge on any atom is -0.0622 e. The number of hydrogen-bond donors (Lipinski definition) is 0. The zero-order valence-electron chi connectivity index (χ0n) is 5.43. The fourth-order valence-corrected chi connectivity index (χ4v) is 0.978. The van der Waals surface area contributed by atoms with E-state index in [0.717, 1.165) is 0 Å². The van der Waals surface area contributed by atoms with Crippen LogP contribution in [0.4, 0.5) is 0 Å². The molecule has 1 unspecified atom stereocenters. The van der Waals surface area contributed by atoms with Gasteiger partial charge in [0.2, 0.25) is 0 Å². The van der Waals surface area contributed by atoms with Crippen molar-refractivity contribution >= 4 is 9.24 Å². The minimum absolute atomic E-state index is 0. The van der Waals surface area contributed by atoms with Crippen LogP contribution in [-0.4, -0.2) is 0 Å². The molecule has 1 aromatic carbocycles. The Labute approximate surface area is 91.7 Å². The molecule has 0 aliphatic carbocycles. The van der Waals surface area contributed by atoms with Gasteiger partial charge in [-0.1, -0.05) is 30.3 Å². The smallest absolute Gasteiger partial charge is 0.0622 e. The van der Waals surface area contributed by atoms with Crippen LogP contribution >= 0.6 is 9.24 Å². The van der Waals surface area contributed by atoms with Gasteiger partial charge in [0.05, 0.1) is 6.16 Å². The maximum atomic E-state index is 2.15. The van der Waals surface area contributed by atoms with Crippen molar-refractivity contribution in [3.63, 3.8) is 0 Å². The molecular formula is C7H10PPd2+5. The van der Waals surface area contributed by atoms with Gasteiger partial charge in [0, 0.05) is 0 Å². The van der Waals surface area contributed by atoms with Crippen molar-refractivity contribution in [2.24, 2.45) is 0 Å². The van der Waals surface area contributed by atoms with Gasteiger partial charge in [0.25, 0.3) is 0 Å².